The number of nitrogens with two attached hydrogens (primary N) is 1. The third kappa shape index (κ3) is 3.68. The lowest BCUT2D eigenvalue weighted by molar-refractivity contribution is 0.0654. The number of nitrogen functional groups attached to an aromatic ring is 1. The molecule has 1 saturated carbocycles. The Morgan fingerprint density at radius 1 is 1.34 bits per heavy atom. The lowest BCUT2D eigenvalue weighted by Gasteiger charge is -2.35. The first-order valence-corrected chi connectivity index (χ1v) is 9.84. The minimum absolute atomic E-state index is 0.0745. The van der Waals surface area contributed by atoms with Crippen molar-refractivity contribution in [3.05, 3.63) is 46.9 Å². The first kappa shape index (κ1) is 19.0. The van der Waals surface area contributed by atoms with Gasteiger partial charge in [0.1, 0.15) is 5.82 Å². The first-order valence-electron chi connectivity index (χ1n) is 9.84. The number of benzene rings is 1. The summed E-state index contributed by atoms with van der Waals surface area (Å²) >= 11 is 0. The molecule has 0 bridgehead atoms. The van der Waals surface area contributed by atoms with Crippen molar-refractivity contribution in [1.29, 1.82) is 0 Å². The maximum Gasteiger partial charge on any atom is 0.254 e. The molecule has 1 aliphatic carbocycles. The molecule has 1 aromatic carbocycles. The van der Waals surface area contributed by atoms with Crippen LogP contribution in [0.2, 0.25) is 0 Å². The molecule has 0 radical (unpaired) electrons. The summed E-state index contributed by atoms with van der Waals surface area (Å²) in [5.41, 5.74) is 8.70. The van der Waals surface area contributed by atoms with Crippen LogP contribution in [-0.2, 0) is 6.54 Å². The Morgan fingerprint density at radius 3 is 2.93 bits per heavy atom. The lowest BCUT2D eigenvalue weighted by atomic mass is 9.90. The van der Waals surface area contributed by atoms with Gasteiger partial charge in [0, 0.05) is 50.2 Å². The molecule has 0 spiro atoms. The highest BCUT2D eigenvalue weighted by atomic mass is 16.2. The number of fused-ring (bicyclic) bond motifs is 1. The fourth-order valence-corrected chi connectivity index (χ4v) is 4.24. The number of anilines is 3. The van der Waals surface area contributed by atoms with Crippen LogP contribution < -0.4 is 16.0 Å². The summed E-state index contributed by atoms with van der Waals surface area (Å²) in [5, 5.41) is 3.42. The minimum atomic E-state index is 0.0745. The van der Waals surface area contributed by atoms with Crippen molar-refractivity contribution in [3.8, 4) is 0 Å². The summed E-state index contributed by atoms with van der Waals surface area (Å²) < 4.78 is 0. The van der Waals surface area contributed by atoms with Gasteiger partial charge in [-0.15, -0.1) is 0 Å². The highest BCUT2D eigenvalue weighted by Gasteiger charge is 2.35. The van der Waals surface area contributed by atoms with Crippen molar-refractivity contribution in [1.82, 2.24) is 14.9 Å². The van der Waals surface area contributed by atoms with Crippen LogP contribution in [0.1, 0.15) is 41.6 Å². The van der Waals surface area contributed by atoms with E-state index in [1.165, 1.54) is 0 Å². The number of amides is 1. The number of nitrogens with one attached hydrogen (secondary N) is 1. The summed E-state index contributed by atoms with van der Waals surface area (Å²) in [6, 6.07) is 5.96. The molecule has 8 heteroatoms. The molecular formula is C21H25N7O. The van der Waals surface area contributed by atoms with Gasteiger partial charge in [-0.3, -0.25) is 4.79 Å². The van der Waals surface area contributed by atoms with Crippen molar-refractivity contribution < 1.29 is 4.79 Å². The molecule has 1 aliphatic heterocycles. The SMILES string of the molecule is [C-]#[N+]c1cnc(N[C@@H]2CCC[C@H](N3Cc4ccc(N)cc4C3=O)C2)nc1N(C)C. The second-order valence-corrected chi connectivity index (χ2v) is 7.92. The van der Waals surface area contributed by atoms with Gasteiger partial charge in [0.25, 0.3) is 5.91 Å². The van der Waals surface area contributed by atoms with Crippen LogP contribution in [-0.4, -0.2) is 47.0 Å². The van der Waals surface area contributed by atoms with Crippen LogP contribution in [0.5, 0.6) is 0 Å². The normalized spacial score (nSPS) is 20.9. The van der Waals surface area contributed by atoms with Crippen LogP contribution in [0.3, 0.4) is 0 Å². The standard InChI is InChI=1S/C21H25N7O/c1-23-18-11-24-21(26-19(18)27(2)3)25-15-5-4-6-16(10-15)28-12-13-7-8-14(22)9-17(13)20(28)29/h7-9,11,15-16H,4-6,10,12,22H2,2-3H3,(H,24,25,26)/t15-,16+/m1/s1. The first-order chi connectivity index (χ1) is 14.0. The van der Waals surface area contributed by atoms with Crippen molar-refractivity contribution in [2.45, 2.75) is 44.3 Å². The average Bonchev–Trinajstić information content (AvgIpc) is 3.04. The van der Waals surface area contributed by atoms with Gasteiger partial charge in [-0.05, 0) is 43.4 Å². The van der Waals surface area contributed by atoms with Gasteiger partial charge in [-0.25, -0.2) is 14.8 Å². The number of hydrogen-bond donors (Lipinski definition) is 2. The second kappa shape index (κ2) is 7.59. The zero-order valence-corrected chi connectivity index (χ0v) is 16.7. The summed E-state index contributed by atoms with van der Waals surface area (Å²) in [7, 11) is 3.72. The topological polar surface area (TPSA) is 91.7 Å². The maximum atomic E-state index is 12.9. The van der Waals surface area contributed by atoms with Gasteiger partial charge in [-0.1, -0.05) is 6.07 Å². The van der Waals surface area contributed by atoms with Gasteiger partial charge in [0.15, 0.2) is 0 Å². The monoisotopic (exact) mass is 391 g/mol. The van der Waals surface area contributed by atoms with Gasteiger partial charge in [0.2, 0.25) is 11.6 Å². The molecule has 0 unspecified atom stereocenters. The van der Waals surface area contributed by atoms with Crippen molar-refractivity contribution >= 4 is 29.0 Å². The van der Waals surface area contributed by atoms with Crippen molar-refractivity contribution in [3.63, 3.8) is 0 Å². The van der Waals surface area contributed by atoms with E-state index in [4.69, 9.17) is 12.3 Å². The van der Waals surface area contributed by atoms with E-state index in [1.807, 2.05) is 36.0 Å². The van der Waals surface area contributed by atoms with Gasteiger partial charge in [-0.2, -0.15) is 0 Å². The molecule has 2 atom stereocenters. The molecule has 4 rings (SSSR count). The molecule has 0 saturated heterocycles. The molecule has 1 aromatic heterocycles. The third-order valence-electron chi connectivity index (χ3n) is 5.68. The Labute approximate surface area is 170 Å². The van der Waals surface area contributed by atoms with Crippen molar-refractivity contribution in [2.75, 3.05) is 30.0 Å². The van der Waals surface area contributed by atoms with E-state index in [0.29, 0.717) is 29.7 Å². The lowest BCUT2D eigenvalue weighted by Crippen LogP contribution is -2.42. The predicted molar refractivity (Wildman–Crippen MR) is 113 cm³/mol. The molecule has 29 heavy (non-hydrogen) atoms. The second-order valence-electron chi connectivity index (χ2n) is 7.92. The molecule has 2 aromatic rings. The smallest absolute Gasteiger partial charge is 0.254 e. The zero-order chi connectivity index (χ0) is 20.5. The van der Waals surface area contributed by atoms with E-state index >= 15 is 0 Å². The fourth-order valence-electron chi connectivity index (χ4n) is 4.24. The largest absolute Gasteiger partial charge is 0.399 e. The quantitative estimate of drug-likeness (QED) is 0.615. The maximum absolute atomic E-state index is 12.9. The molecule has 150 valence electrons. The summed E-state index contributed by atoms with van der Waals surface area (Å²) in [4.78, 5) is 29.0. The molecule has 1 fully saturated rings. The molecule has 8 nitrogen and oxygen atoms in total. The number of carbonyl (C=O) groups is 1. The molecule has 1 amide bonds. The number of nitrogens with zero attached hydrogens (tertiary/aromatic N) is 5. The minimum Gasteiger partial charge on any atom is -0.399 e. The Kier molecular flexibility index (Phi) is 4.97. The Balaban J connectivity index is 1.47. The Morgan fingerprint density at radius 2 is 2.17 bits per heavy atom. The van der Waals surface area contributed by atoms with Crippen LogP contribution in [0.4, 0.5) is 23.1 Å². The molecular weight excluding hydrogens is 366 g/mol. The number of hydrogen-bond acceptors (Lipinski definition) is 6. The number of rotatable bonds is 4. The highest BCUT2D eigenvalue weighted by molar-refractivity contribution is 5.99. The van der Waals surface area contributed by atoms with Crippen LogP contribution in [0.15, 0.2) is 24.4 Å². The van der Waals surface area contributed by atoms with Crippen molar-refractivity contribution in [2.24, 2.45) is 0 Å². The Hall–Kier alpha value is -3.34. The average molecular weight is 391 g/mol. The van der Waals surface area contributed by atoms with E-state index < -0.39 is 0 Å². The van der Waals surface area contributed by atoms with E-state index in [9.17, 15) is 4.79 Å². The summed E-state index contributed by atoms with van der Waals surface area (Å²) in [6.07, 6.45) is 5.44. The summed E-state index contributed by atoms with van der Waals surface area (Å²) in [6.45, 7) is 7.91. The van der Waals surface area contributed by atoms with E-state index in [1.54, 1.807) is 12.3 Å². The third-order valence-corrected chi connectivity index (χ3v) is 5.68. The molecule has 3 N–H and O–H groups in total. The number of aromatic nitrogens is 2. The van der Waals surface area contributed by atoms with Gasteiger partial charge >= 0.3 is 0 Å². The van der Waals surface area contributed by atoms with Gasteiger partial charge in [0.05, 0.1) is 6.57 Å². The van der Waals surface area contributed by atoms with E-state index in [2.05, 4.69) is 20.1 Å². The molecule has 2 aliphatic rings. The highest BCUT2D eigenvalue weighted by Crippen LogP contribution is 2.33. The van der Waals surface area contributed by atoms with E-state index in [-0.39, 0.29) is 18.0 Å². The summed E-state index contributed by atoms with van der Waals surface area (Å²) in [5.74, 6) is 1.20. The molecule has 2 heterocycles. The van der Waals surface area contributed by atoms with Crippen LogP contribution in [0, 0.1) is 6.57 Å². The van der Waals surface area contributed by atoms with Crippen LogP contribution >= 0.6 is 0 Å². The number of carbonyl (C=O) groups excluding carboxylic acids is 1. The van der Waals surface area contributed by atoms with E-state index in [0.717, 1.165) is 36.8 Å². The Bertz CT molecular complexity index is 981. The predicted octanol–water partition coefficient (Wildman–Crippen LogP) is 3.05. The zero-order valence-electron chi connectivity index (χ0n) is 16.7. The fraction of sp³-hybridized carbons (Fsp3) is 0.429. The van der Waals surface area contributed by atoms with Crippen LogP contribution in [0.25, 0.3) is 4.85 Å². The van der Waals surface area contributed by atoms with Gasteiger partial charge < -0.3 is 20.9 Å².